The van der Waals surface area contributed by atoms with Crippen LogP contribution in [-0.4, -0.2) is 37.2 Å². The number of nitrogens with one attached hydrogen (secondary N) is 1. The van der Waals surface area contributed by atoms with Crippen LogP contribution in [-0.2, 0) is 9.84 Å². The summed E-state index contributed by atoms with van der Waals surface area (Å²) >= 11 is 9.27. The van der Waals surface area contributed by atoms with Gasteiger partial charge in [-0.15, -0.1) is 11.6 Å². The van der Waals surface area contributed by atoms with E-state index in [4.69, 9.17) is 11.6 Å². The maximum atomic E-state index is 12.1. The first kappa shape index (κ1) is 14.8. The molecule has 1 heterocycles. The lowest BCUT2D eigenvalue weighted by atomic mass is 10.1. The summed E-state index contributed by atoms with van der Waals surface area (Å²) in [7, 11) is -3.15. The lowest BCUT2D eigenvalue weighted by Gasteiger charge is -2.15. The molecule has 1 fully saturated rings. The van der Waals surface area contributed by atoms with E-state index in [9.17, 15) is 13.2 Å². The summed E-state index contributed by atoms with van der Waals surface area (Å²) in [5, 5.41) is 2.13. The van der Waals surface area contributed by atoms with E-state index >= 15 is 0 Å². The van der Waals surface area contributed by atoms with Crippen molar-refractivity contribution in [3.8, 4) is 0 Å². The Balaban J connectivity index is 2.16. The van der Waals surface area contributed by atoms with Gasteiger partial charge in [0, 0.05) is 10.0 Å². The predicted octanol–water partition coefficient (Wildman–Crippen LogP) is 1.89. The second-order valence-electron chi connectivity index (χ2n) is 4.63. The van der Waals surface area contributed by atoms with Gasteiger partial charge in [0.25, 0.3) is 5.91 Å². The number of carbonyl (C=O) groups excluding carboxylic acids is 1. The van der Waals surface area contributed by atoms with Crippen LogP contribution < -0.4 is 5.32 Å². The highest BCUT2D eigenvalue weighted by molar-refractivity contribution is 9.10. The smallest absolute Gasteiger partial charge is 0.251 e. The number of rotatable bonds is 2. The van der Waals surface area contributed by atoms with Crippen LogP contribution in [0.1, 0.15) is 15.9 Å². The molecular formula is C12H13BrClNO3S. The number of sulfone groups is 1. The summed E-state index contributed by atoms with van der Waals surface area (Å²) in [6.07, 6.45) is 0. The fraction of sp³-hybridized carbons (Fsp3) is 0.417. The minimum Gasteiger partial charge on any atom is -0.347 e. The molecule has 2 atom stereocenters. The molecule has 104 valence electrons. The Labute approximate surface area is 125 Å². The molecule has 1 aliphatic heterocycles. The van der Waals surface area contributed by atoms with Gasteiger partial charge in [-0.2, -0.15) is 0 Å². The predicted molar refractivity (Wildman–Crippen MR) is 78.4 cm³/mol. The maximum absolute atomic E-state index is 12.1. The summed E-state index contributed by atoms with van der Waals surface area (Å²) in [5.41, 5.74) is 1.34. The van der Waals surface area contributed by atoms with Gasteiger partial charge in [-0.25, -0.2) is 8.42 Å². The van der Waals surface area contributed by atoms with Crippen molar-refractivity contribution in [1.82, 2.24) is 5.32 Å². The molecule has 0 spiro atoms. The van der Waals surface area contributed by atoms with E-state index in [1.807, 2.05) is 19.1 Å². The van der Waals surface area contributed by atoms with E-state index in [1.54, 1.807) is 6.07 Å². The number of benzene rings is 1. The Morgan fingerprint density at radius 1 is 1.42 bits per heavy atom. The zero-order valence-corrected chi connectivity index (χ0v) is 13.3. The second kappa shape index (κ2) is 5.42. The third kappa shape index (κ3) is 3.49. The molecule has 2 rings (SSSR count). The van der Waals surface area contributed by atoms with Crippen molar-refractivity contribution in [2.24, 2.45) is 0 Å². The molecule has 0 radical (unpaired) electrons. The number of hydrogen-bond donors (Lipinski definition) is 1. The molecule has 1 amide bonds. The van der Waals surface area contributed by atoms with Gasteiger partial charge in [-0.1, -0.05) is 22.0 Å². The van der Waals surface area contributed by atoms with Crippen molar-refractivity contribution in [3.63, 3.8) is 0 Å². The summed E-state index contributed by atoms with van der Waals surface area (Å²) in [5.74, 6) is -0.483. The number of carbonyl (C=O) groups is 1. The average Bonchev–Trinajstić information content (AvgIpc) is 2.55. The Hall–Kier alpha value is -0.590. The minimum atomic E-state index is -3.15. The zero-order chi connectivity index (χ0) is 14.2. The quantitative estimate of drug-likeness (QED) is 0.813. The molecule has 19 heavy (non-hydrogen) atoms. The van der Waals surface area contributed by atoms with Crippen LogP contribution in [0, 0.1) is 6.92 Å². The summed E-state index contributed by atoms with van der Waals surface area (Å²) in [6.45, 7) is 1.82. The average molecular weight is 367 g/mol. The van der Waals surface area contributed by atoms with Crippen LogP contribution in [0.15, 0.2) is 22.7 Å². The lowest BCUT2D eigenvalue weighted by molar-refractivity contribution is 0.0941. The summed E-state index contributed by atoms with van der Waals surface area (Å²) < 4.78 is 23.7. The molecule has 0 aromatic heterocycles. The fourth-order valence-corrected chi connectivity index (χ4v) is 4.93. The van der Waals surface area contributed by atoms with E-state index in [0.717, 1.165) is 10.0 Å². The molecule has 1 N–H and O–H groups in total. The first-order valence-corrected chi connectivity index (χ1v) is 8.75. The Morgan fingerprint density at radius 2 is 2.11 bits per heavy atom. The van der Waals surface area contributed by atoms with Gasteiger partial charge in [-0.05, 0) is 24.6 Å². The highest BCUT2D eigenvalue weighted by Crippen LogP contribution is 2.20. The molecule has 1 aromatic rings. The van der Waals surface area contributed by atoms with E-state index in [2.05, 4.69) is 21.2 Å². The van der Waals surface area contributed by atoms with Crippen LogP contribution in [0.4, 0.5) is 0 Å². The van der Waals surface area contributed by atoms with Crippen molar-refractivity contribution < 1.29 is 13.2 Å². The number of aryl methyl sites for hydroxylation is 1. The highest BCUT2D eigenvalue weighted by atomic mass is 79.9. The molecule has 1 aliphatic rings. The molecule has 2 unspecified atom stereocenters. The van der Waals surface area contributed by atoms with Gasteiger partial charge >= 0.3 is 0 Å². The molecule has 0 aliphatic carbocycles. The van der Waals surface area contributed by atoms with Crippen molar-refractivity contribution in [3.05, 3.63) is 33.8 Å². The number of hydrogen-bond acceptors (Lipinski definition) is 3. The third-order valence-corrected chi connectivity index (χ3v) is 5.91. The summed E-state index contributed by atoms with van der Waals surface area (Å²) in [4.78, 5) is 12.1. The third-order valence-electron chi connectivity index (χ3n) is 3.04. The van der Waals surface area contributed by atoms with Crippen molar-refractivity contribution in [2.75, 3.05) is 11.5 Å². The Kier molecular flexibility index (Phi) is 4.23. The molecule has 1 saturated heterocycles. The molecule has 0 bridgehead atoms. The summed E-state index contributed by atoms with van der Waals surface area (Å²) in [6, 6.07) is 4.84. The molecule has 0 saturated carbocycles. The van der Waals surface area contributed by atoms with Crippen molar-refractivity contribution >= 4 is 43.3 Å². The largest absolute Gasteiger partial charge is 0.347 e. The Bertz CT molecular complexity index is 617. The topological polar surface area (TPSA) is 63.2 Å². The number of halogens is 2. The van der Waals surface area contributed by atoms with Crippen LogP contribution in [0.3, 0.4) is 0 Å². The first-order valence-electron chi connectivity index (χ1n) is 5.70. The van der Waals surface area contributed by atoms with E-state index in [0.29, 0.717) is 5.56 Å². The minimum absolute atomic E-state index is 0.0863. The van der Waals surface area contributed by atoms with Crippen molar-refractivity contribution in [2.45, 2.75) is 18.3 Å². The lowest BCUT2D eigenvalue weighted by Crippen LogP contribution is -2.40. The molecular weight excluding hydrogens is 354 g/mol. The number of alkyl halides is 1. The van der Waals surface area contributed by atoms with Crippen LogP contribution in [0.25, 0.3) is 0 Å². The molecule has 4 nitrogen and oxygen atoms in total. The van der Waals surface area contributed by atoms with Crippen LogP contribution >= 0.6 is 27.5 Å². The van der Waals surface area contributed by atoms with E-state index in [1.165, 1.54) is 0 Å². The Morgan fingerprint density at radius 3 is 2.68 bits per heavy atom. The molecule has 1 aromatic carbocycles. The van der Waals surface area contributed by atoms with Gasteiger partial charge in [0.1, 0.15) is 0 Å². The maximum Gasteiger partial charge on any atom is 0.251 e. The highest BCUT2D eigenvalue weighted by Gasteiger charge is 2.37. The SMILES string of the molecule is Cc1ccc(Br)cc1C(=O)NC1CS(=O)(=O)CC1Cl. The fourth-order valence-electron chi connectivity index (χ4n) is 2.02. The van der Waals surface area contributed by atoms with Crippen molar-refractivity contribution in [1.29, 1.82) is 0 Å². The van der Waals surface area contributed by atoms with Gasteiger partial charge in [0.15, 0.2) is 9.84 Å². The normalized spacial score (nSPS) is 25.2. The zero-order valence-electron chi connectivity index (χ0n) is 10.2. The van der Waals surface area contributed by atoms with Gasteiger partial charge in [-0.3, -0.25) is 4.79 Å². The van der Waals surface area contributed by atoms with Crippen LogP contribution in [0.2, 0.25) is 0 Å². The second-order valence-corrected chi connectivity index (χ2v) is 8.26. The standard InChI is InChI=1S/C12H13BrClNO3S/c1-7-2-3-8(13)4-9(7)12(16)15-11-6-19(17,18)5-10(11)14/h2-4,10-11H,5-6H2,1H3,(H,15,16). The monoisotopic (exact) mass is 365 g/mol. The number of amides is 1. The van der Waals surface area contributed by atoms with Gasteiger partial charge in [0.05, 0.1) is 22.9 Å². The first-order chi connectivity index (χ1) is 8.78. The molecule has 7 heteroatoms. The van der Waals surface area contributed by atoms with Gasteiger partial charge < -0.3 is 5.32 Å². The van der Waals surface area contributed by atoms with Crippen LogP contribution in [0.5, 0.6) is 0 Å². The van der Waals surface area contributed by atoms with E-state index in [-0.39, 0.29) is 17.4 Å². The van der Waals surface area contributed by atoms with Gasteiger partial charge in [0.2, 0.25) is 0 Å². The van der Waals surface area contributed by atoms with E-state index < -0.39 is 21.3 Å².